The van der Waals surface area contributed by atoms with E-state index in [1.807, 2.05) is 0 Å². The molecule has 0 bridgehead atoms. The van der Waals surface area contributed by atoms with E-state index in [2.05, 4.69) is 10.1 Å². The van der Waals surface area contributed by atoms with Gasteiger partial charge in [-0.25, -0.2) is 13.2 Å². The molecule has 0 aliphatic heterocycles. The lowest BCUT2D eigenvalue weighted by Gasteiger charge is -2.09. The molecular weight excluding hydrogens is 295 g/mol. The molecule has 0 aliphatic rings. The van der Waals surface area contributed by atoms with Crippen LogP contribution in [-0.2, 0) is 4.74 Å². The highest BCUT2D eigenvalue weighted by atomic mass is 19.3. The minimum atomic E-state index is -2.63. The van der Waals surface area contributed by atoms with E-state index in [4.69, 9.17) is 5.73 Å². The number of anilines is 1. The number of halogens is 3. The van der Waals surface area contributed by atoms with Gasteiger partial charge >= 0.3 is 0 Å². The summed E-state index contributed by atoms with van der Waals surface area (Å²) in [7, 11) is 0. The smallest absolute Gasteiger partial charge is 0.293 e. The van der Waals surface area contributed by atoms with E-state index in [0.29, 0.717) is 0 Å². The first-order valence-electron chi connectivity index (χ1n) is 5.71. The number of nitrogens with one attached hydrogen (secondary N) is 1. The quantitative estimate of drug-likeness (QED) is 0.342. The zero-order chi connectivity index (χ0) is 16.0. The molecule has 0 unspecified atom stereocenters. The summed E-state index contributed by atoms with van der Waals surface area (Å²) in [5.41, 5.74) is 3.51. The lowest BCUT2D eigenvalue weighted by atomic mass is 10.1. The number of rotatable bonds is 7. The Labute approximate surface area is 117 Å². The number of hydrogen-bond acceptors (Lipinski definition) is 5. The molecule has 0 fully saturated rings. The maximum Gasteiger partial charge on any atom is 0.293 e. The van der Waals surface area contributed by atoms with Gasteiger partial charge in [0.1, 0.15) is 23.7 Å². The van der Waals surface area contributed by atoms with Crippen molar-refractivity contribution in [1.82, 2.24) is 5.32 Å². The molecule has 7 nitrogen and oxygen atoms in total. The second-order valence-corrected chi connectivity index (χ2v) is 3.83. The zero-order valence-electron chi connectivity index (χ0n) is 10.6. The van der Waals surface area contributed by atoms with Crippen LogP contribution in [0.3, 0.4) is 0 Å². The lowest BCUT2D eigenvalue weighted by molar-refractivity contribution is -0.384. The van der Waals surface area contributed by atoms with E-state index in [9.17, 15) is 28.1 Å². The van der Waals surface area contributed by atoms with Gasteiger partial charge in [0, 0.05) is 12.6 Å². The van der Waals surface area contributed by atoms with E-state index in [1.54, 1.807) is 0 Å². The number of amides is 1. The van der Waals surface area contributed by atoms with Crippen LogP contribution in [0, 0.1) is 15.9 Å². The standard InChI is InChI=1S/C11H12F3N3O4/c12-6-1-2-7(17(19)20)10(15)9(6)11(18)16-3-4-21-5-8(13)14/h1-2,8H,3-5,15H2,(H,16,18). The van der Waals surface area contributed by atoms with E-state index < -0.39 is 46.6 Å². The van der Waals surface area contributed by atoms with Crippen molar-refractivity contribution in [3.05, 3.63) is 33.6 Å². The van der Waals surface area contributed by atoms with Crippen molar-refractivity contribution in [1.29, 1.82) is 0 Å². The molecule has 116 valence electrons. The summed E-state index contributed by atoms with van der Waals surface area (Å²) in [5, 5.41) is 12.8. The molecule has 21 heavy (non-hydrogen) atoms. The molecule has 1 rings (SSSR count). The Bertz CT molecular complexity index is 540. The van der Waals surface area contributed by atoms with Crippen LogP contribution in [0.5, 0.6) is 0 Å². The number of benzene rings is 1. The number of carbonyl (C=O) groups is 1. The molecule has 0 saturated heterocycles. The maximum absolute atomic E-state index is 13.5. The molecule has 0 aromatic heterocycles. The Morgan fingerprint density at radius 1 is 1.48 bits per heavy atom. The van der Waals surface area contributed by atoms with Crippen molar-refractivity contribution in [2.24, 2.45) is 0 Å². The number of nitro groups is 1. The zero-order valence-corrected chi connectivity index (χ0v) is 10.6. The van der Waals surface area contributed by atoms with Gasteiger partial charge in [0.05, 0.1) is 11.5 Å². The van der Waals surface area contributed by atoms with Crippen molar-refractivity contribution in [3.63, 3.8) is 0 Å². The van der Waals surface area contributed by atoms with Crippen LogP contribution >= 0.6 is 0 Å². The first-order valence-corrected chi connectivity index (χ1v) is 5.71. The van der Waals surface area contributed by atoms with Gasteiger partial charge in [0.25, 0.3) is 18.0 Å². The van der Waals surface area contributed by atoms with Crippen LogP contribution in [0.1, 0.15) is 10.4 Å². The largest absolute Gasteiger partial charge is 0.392 e. The number of hydrogen-bond donors (Lipinski definition) is 2. The summed E-state index contributed by atoms with van der Waals surface area (Å²) in [6, 6.07) is 1.59. The van der Waals surface area contributed by atoms with Gasteiger partial charge in [-0.05, 0) is 6.07 Å². The Balaban J connectivity index is 2.70. The van der Waals surface area contributed by atoms with Gasteiger partial charge in [0.2, 0.25) is 0 Å². The molecule has 0 saturated carbocycles. The third kappa shape index (κ3) is 4.60. The number of nitro benzene ring substituents is 1. The molecule has 0 heterocycles. The van der Waals surface area contributed by atoms with E-state index in [1.165, 1.54) is 0 Å². The van der Waals surface area contributed by atoms with Crippen molar-refractivity contribution >= 4 is 17.3 Å². The molecule has 10 heteroatoms. The number of nitrogen functional groups attached to an aromatic ring is 1. The summed E-state index contributed by atoms with van der Waals surface area (Å²) in [5.74, 6) is -2.02. The highest BCUT2D eigenvalue weighted by Gasteiger charge is 2.23. The van der Waals surface area contributed by atoms with Gasteiger partial charge in [-0.1, -0.05) is 0 Å². The molecule has 1 aromatic carbocycles. The minimum absolute atomic E-state index is 0.173. The first-order chi connectivity index (χ1) is 9.84. The topological polar surface area (TPSA) is 107 Å². The molecule has 0 spiro atoms. The fourth-order valence-corrected chi connectivity index (χ4v) is 1.47. The van der Waals surface area contributed by atoms with Crippen molar-refractivity contribution in [2.75, 3.05) is 25.5 Å². The third-order valence-corrected chi connectivity index (χ3v) is 2.37. The van der Waals surface area contributed by atoms with Crippen molar-refractivity contribution in [2.45, 2.75) is 6.43 Å². The summed E-state index contributed by atoms with van der Waals surface area (Å²) >= 11 is 0. The molecule has 0 radical (unpaired) electrons. The number of carbonyl (C=O) groups excluding carboxylic acids is 1. The van der Waals surface area contributed by atoms with Crippen molar-refractivity contribution < 1.29 is 27.6 Å². The van der Waals surface area contributed by atoms with Gasteiger partial charge in [0.15, 0.2) is 0 Å². The molecule has 0 aliphatic carbocycles. The van der Waals surface area contributed by atoms with Crippen LogP contribution in [0.4, 0.5) is 24.5 Å². The van der Waals surface area contributed by atoms with Crippen LogP contribution in [0.15, 0.2) is 12.1 Å². The molecule has 0 atom stereocenters. The average Bonchev–Trinajstić information content (AvgIpc) is 2.37. The van der Waals surface area contributed by atoms with E-state index in [0.717, 1.165) is 12.1 Å². The van der Waals surface area contributed by atoms with E-state index in [-0.39, 0.29) is 13.2 Å². The Morgan fingerprint density at radius 2 is 2.14 bits per heavy atom. The molecule has 1 aromatic rings. The summed E-state index contributed by atoms with van der Waals surface area (Å²) < 4.78 is 41.6. The third-order valence-electron chi connectivity index (χ3n) is 2.37. The second kappa shape index (κ2) is 7.43. The predicted octanol–water partition coefficient (Wildman–Crippen LogP) is 1.33. The second-order valence-electron chi connectivity index (χ2n) is 3.83. The Morgan fingerprint density at radius 3 is 2.71 bits per heavy atom. The Hall–Kier alpha value is -2.36. The van der Waals surface area contributed by atoms with Gasteiger partial charge in [-0.15, -0.1) is 0 Å². The summed E-state index contributed by atoms with van der Waals surface area (Å²) in [4.78, 5) is 21.5. The fraction of sp³-hybridized carbons (Fsp3) is 0.364. The maximum atomic E-state index is 13.5. The highest BCUT2D eigenvalue weighted by Crippen LogP contribution is 2.27. The van der Waals surface area contributed by atoms with Crippen LogP contribution in [0.25, 0.3) is 0 Å². The van der Waals surface area contributed by atoms with Gasteiger partial charge in [-0.3, -0.25) is 14.9 Å². The van der Waals surface area contributed by atoms with Gasteiger partial charge < -0.3 is 15.8 Å². The minimum Gasteiger partial charge on any atom is -0.392 e. The van der Waals surface area contributed by atoms with Crippen LogP contribution in [-0.4, -0.2) is 37.0 Å². The normalized spacial score (nSPS) is 10.7. The summed E-state index contributed by atoms with van der Waals surface area (Å²) in [6.45, 7) is -1.18. The average molecular weight is 307 g/mol. The molecule has 3 N–H and O–H groups in total. The number of alkyl halides is 2. The molecular formula is C11H12F3N3O4. The number of nitrogens with zero attached hydrogens (tertiary/aromatic N) is 1. The van der Waals surface area contributed by atoms with Gasteiger partial charge in [-0.2, -0.15) is 0 Å². The highest BCUT2D eigenvalue weighted by molar-refractivity contribution is 6.01. The predicted molar refractivity (Wildman–Crippen MR) is 66.6 cm³/mol. The monoisotopic (exact) mass is 307 g/mol. The number of ether oxygens (including phenoxy) is 1. The van der Waals surface area contributed by atoms with Crippen molar-refractivity contribution in [3.8, 4) is 0 Å². The SMILES string of the molecule is Nc1c([N+](=O)[O-])ccc(F)c1C(=O)NCCOCC(F)F. The molecule has 1 amide bonds. The van der Waals surface area contributed by atoms with Crippen LogP contribution in [0.2, 0.25) is 0 Å². The fourth-order valence-electron chi connectivity index (χ4n) is 1.47. The number of nitrogens with two attached hydrogens (primary N) is 1. The van der Waals surface area contributed by atoms with Crippen LogP contribution < -0.4 is 11.1 Å². The Kier molecular flexibility index (Phi) is 5.91. The first kappa shape index (κ1) is 16.7. The van der Waals surface area contributed by atoms with E-state index >= 15 is 0 Å². The summed E-state index contributed by atoms with van der Waals surface area (Å²) in [6.07, 6.45) is -2.63. The lowest BCUT2D eigenvalue weighted by Crippen LogP contribution is -2.29.